The standard InChI is InChI=1S/C17H18N2O3/c1-11-6-7-12(2)15(8-11)22-10-16(20)19-14-5-3-4-13(9-14)17(18)21/h3-9H,10H2,1-2H3,(H2,18,21)(H,19,20). The first kappa shape index (κ1) is 15.6. The van der Waals surface area contributed by atoms with E-state index in [1.54, 1.807) is 18.2 Å². The maximum atomic E-state index is 11.9. The molecule has 22 heavy (non-hydrogen) atoms. The maximum absolute atomic E-state index is 11.9. The predicted molar refractivity (Wildman–Crippen MR) is 85.0 cm³/mol. The van der Waals surface area contributed by atoms with Crippen LogP contribution in [0, 0.1) is 13.8 Å². The van der Waals surface area contributed by atoms with Gasteiger partial charge in [-0.05, 0) is 49.2 Å². The summed E-state index contributed by atoms with van der Waals surface area (Å²) < 4.78 is 5.53. The summed E-state index contributed by atoms with van der Waals surface area (Å²) in [4.78, 5) is 23.0. The van der Waals surface area contributed by atoms with Crippen LogP contribution in [0.15, 0.2) is 42.5 Å². The Bertz CT molecular complexity index is 711. The number of hydrogen-bond donors (Lipinski definition) is 2. The molecule has 0 radical (unpaired) electrons. The van der Waals surface area contributed by atoms with Crippen molar-refractivity contribution < 1.29 is 14.3 Å². The van der Waals surface area contributed by atoms with Gasteiger partial charge >= 0.3 is 0 Å². The number of anilines is 1. The van der Waals surface area contributed by atoms with Crippen LogP contribution in [0.1, 0.15) is 21.5 Å². The average molecular weight is 298 g/mol. The van der Waals surface area contributed by atoms with Crippen LogP contribution in [0.5, 0.6) is 5.75 Å². The molecular weight excluding hydrogens is 280 g/mol. The number of carbonyl (C=O) groups is 2. The molecule has 0 unspecified atom stereocenters. The highest BCUT2D eigenvalue weighted by Gasteiger charge is 2.07. The SMILES string of the molecule is Cc1ccc(C)c(OCC(=O)Nc2cccc(C(N)=O)c2)c1. The van der Waals surface area contributed by atoms with Crippen molar-refractivity contribution in [2.24, 2.45) is 5.73 Å². The Hall–Kier alpha value is -2.82. The van der Waals surface area contributed by atoms with Gasteiger partial charge in [0.25, 0.3) is 5.91 Å². The molecule has 0 aromatic heterocycles. The van der Waals surface area contributed by atoms with E-state index >= 15 is 0 Å². The van der Waals surface area contributed by atoms with Crippen molar-refractivity contribution in [2.75, 3.05) is 11.9 Å². The molecule has 0 aliphatic carbocycles. The number of rotatable bonds is 5. The van der Waals surface area contributed by atoms with Gasteiger partial charge in [0.15, 0.2) is 6.61 Å². The van der Waals surface area contributed by atoms with Gasteiger partial charge in [0.05, 0.1) is 0 Å². The lowest BCUT2D eigenvalue weighted by atomic mass is 10.1. The fourth-order valence-electron chi connectivity index (χ4n) is 1.95. The molecule has 2 rings (SSSR count). The fraction of sp³-hybridized carbons (Fsp3) is 0.176. The van der Waals surface area contributed by atoms with Crippen molar-refractivity contribution >= 4 is 17.5 Å². The lowest BCUT2D eigenvalue weighted by Gasteiger charge is -2.10. The number of carbonyl (C=O) groups excluding carboxylic acids is 2. The minimum absolute atomic E-state index is 0.106. The molecular formula is C17H18N2O3. The number of benzene rings is 2. The van der Waals surface area contributed by atoms with Gasteiger partial charge < -0.3 is 15.8 Å². The van der Waals surface area contributed by atoms with Crippen molar-refractivity contribution in [2.45, 2.75) is 13.8 Å². The van der Waals surface area contributed by atoms with Gasteiger partial charge in [0, 0.05) is 11.3 Å². The molecule has 0 saturated carbocycles. The number of ether oxygens (including phenoxy) is 1. The van der Waals surface area contributed by atoms with E-state index in [4.69, 9.17) is 10.5 Å². The van der Waals surface area contributed by atoms with E-state index in [9.17, 15) is 9.59 Å². The quantitative estimate of drug-likeness (QED) is 0.889. The fourth-order valence-corrected chi connectivity index (χ4v) is 1.95. The Morgan fingerprint density at radius 2 is 1.91 bits per heavy atom. The normalized spacial score (nSPS) is 10.1. The first-order chi connectivity index (χ1) is 10.5. The summed E-state index contributed by atoms with van der Waals surface area (Å²) >= 11 is 0. The van der Waals surface area contributed by atoms with Crippen LogP contribution in [-0.2, 0) is 4.79 Å². The van der Waals surface area contributed by atoms with Gasteiger partial charge in [-0.15, -0.1) is 0 Å². The van der Waals surface area contributed by atoms with E-state index < -0.39 is 5.91 Å². The van der Waals surface area contributed by atoms with Crippen molar-refractivity contribution in [3.05, 3.63) is 59.2 Å². The number of hydrogen-bond acceptors (Lipinski definition) is 3. The van der Waals surface area contributed by atoms with E-state index in [2.05, 4.69) is 5.32 Å². The summed E-state index contributed by atoms with van der Waals surface area (Å²) in [6, 6.07) is 12.3. The zero-order valence-corrected chi connectivity index (χ0v) is 12.6. The highest BCUT2D eigenvalue weighted by Crippen LogP contribution is 2.19. The predicted octanol–water partition coefficient (Wildman–Crippen LogP) is 2.42. The second-order valence-electron chi connectivity index (χ2n) is 5.05. The number of nitrogens with two attached hydrogens (primary N) is 1. The Morgan fingerprint density at radius 3 is 2.64 bits per heavy atom. The molecule has 0 aliphatic heterocycles. The number of nitrogens with one attached hydrogen (secondary N) is 1. The van der Waals surface area contributed by atoms with Gasteiger partial charge in [-0.3, -0.25) is 9.59 Å². The highest BCUT2D eigenvalue weighted by molar-refractivity contribution is 5.96. The van der Waals surface area contributed by atoms with E-state index in [1.165, 1.54) is 6.07 Å². The molecule has 114 valence electrons. The van der Waals surface area contributed by atoms with Crippen molar-refractivity contribution in [3.63, 3.8) is 0 Å². The molecule has 0 atom stereocenters. The van der Waals surface area contributed by atoms with Crippen LogP contribution >= 0.6 is 0 Å². The summed E-state index contributed by atoms with van der Waals surface area (Å²) in [7, 11) is 0. The zero-order valence-electron chi connectivity index (χ0n) is 12.6. The molecule has 0 bridgehead atoms. The Kier molecular flexibility index (Phi) is 4.78. The minimum atomic E-state index is -0.539. The van der Waals surface area contributed by atoms with Crippen LogP contribution in [0.2, 0.25) is 0 Å². The van der Waals surface area contributed by atoms with Crippen molar-refractivity contribution in [3.8, 4) is 5.75 Å². The van der Waals surface area contributed by atoms with E-state index in [0.29, 0.717) is 17.0 Å². The lowest BCUT2D eigenvalue weighted by Crippen LogP contribution is -2.21. The lowest BCUT2D eigenvalue weighted by molar-refractivity contribution is -0.118. The van der Waals surface area contributed by atoms with Gasteiger partial charge in [-0.25, -0.2) is 0 Å². The molecule has 0 saturated heterocycles. The Labute approximate surface area is 129 Å². The first-order valence-corrected chi connectivity index (χ1v) is 6.85. The van der Waals surface area contributed by atoms with Gasteiger partial charge in [0.2, 0.25) is 5.91 Å². The molecule has 2 aromatic carbocycles. The smallest absolute Gasteiger partial charge is 0.262 e. The third kappa shape index (κ3) is 4.09. The minimum Gasteiger partial charge on any atom is -0.483 e. The van der Waals surface area contributed by atoms with Gasteiger partial charge in [0.1, 0.15) is 5.75 Å². The van der Waals surface area contributed by atoms with E-state index in [0.717, 1.165) is 11.1 Å². The van der Waals surface area contributed by atoms with Crippen LogP contribution in [0.25, 0.3) is 0 Å². The zero-order chi connectivity index (χ0) is 16.1. The number of primary amides is 1. The molecule has 0 fully saturated rings. The summed E-state index contributed by atoms with van der Waals surface area (Å²) in [5.41, 5.74) is 8.08. The molecule has 0 heterocycles. The topological polar surface area (TPSA) is 81.4 Å². The molecule has 3 N–H and O–H groups in total. The third-order valence-electron chi connectivity index (χ3n) is 3.13. The first-order valence-electron chi connectivity index (χ1n) is 6.85. The molecule has 2 amide bonds. The van der Waals surface area contributed by atoms with Gasteiger partial charge in [-0.1, -0.05) is 18.2 Å². The summed E-state index contributed by atoms with van der Waals surface area (Å²) in [5, 5.41) is 2.67. The second-order valence-corrected chi connectivity index (χ2v) is 5.05. The van der Waals surface area contributed by atoms with E-state index in [1.807, 2.05) is 32.0 Å². The average Bonchev–Trinajstić information content (AvgIpc) is 2.48. The maximum Gasteiger partial charge on any atom is 0.262 e. The highest BCUT2D eigenvalue weighted by atomic mass is 16.5. The van der Waals surface area contributed by atoms with Crippen LogP contribution in [-0.4, -0.2) is 18.4 Å². The molecule has 5 nitrogen and oxygen atoms in total. The summed E-state index contributed by atoms with van der Waals surface area (Å²) in [6.45, 7) is 3.77. The third-order valence-corrected chi connectivity index (χ3v) is 3.13. The van der Waals surface area contributed by atoms with Crippen LogP contribution in [0.4, 0.5) is 5.69 Å². The molecule has 0 aliphatic rings. The van der Waals surface area contributed by atoms with E-state index in [-0.39, 0.29) is 12.5 Å². The summed E-state index contributed by atoms with van der Waals surface area (Å²) in [6.07, 6.45) is 0. The second kappa shape index (κ2) is 6.76. The monoisotopic (exact) mass is 298 g/mol. The van der Waals surface area contributed by atoms with Crippen molar-refractivity contribution in [1.29, 1.82) is 0 Å². The largest absolute Gasteiger partial charge is 0.483 e. The number of amides is 2. The van der Waals surface area contributed by atoms with Crippen LogP contribution in [0.3, 0.4) is 0 Å². The number of aryl methyl sites for hydroxylation is 2. The molecule has 2 aromatic rings. The van der Waals surface area contributed by atoms with Crippen molar-refractivity contribution in [1.82, 2.24) is 0 Å². The van der Waals surface area contributed by atoms with Crippen LogP contribution < -0.4 is 15.8 Å². The molecule has 5 heteroatoms. The Morgan fingerprint density at radius 1 is 1.14 bits per heavy atom. The summed E-state index contributed by atoms with van der Waals surface area (Å²) in [5.74, 6) is -0.161. The Balaban J connectivity index is 1.97. The van der Waals surface area contributed by atoms with Gasteiger partial charge in [-0.2, -0.15) is 0 Å². The molecule has 0 spiro atoms.